The van der Waals surface area contributed by atoms with Crippen LogP contribution in [0.5, 0.6) is 0 Å². The van der Waals surface area contributed by atoms with E-state index < -0.39 is 5.97 Å². The molecular weight excluding hydrogens is 374 g/mol. The van der Waals surface area contributed by atoms with Crippen LogP contribution in [0.1, 0.15) is 30.1 Å². The number of nitrogens with two attached hydrogens (primary N) is 1. The van der Waals surface area contributed by atoms with E-state index in [0.29, 0.717) is 41.7 Å². The highest BCUT2D eigenvalue weighted by Crippen LogP contribution is 2.32. The largest absolute Gasteiger partial charge is 0.466 e. The first-order chi connectivity index (χ1) is 14.0. The average Bonchev–Trinajstić information content (AvgIpc) is 2.75. The summed E-state index contributed by atoms with van der Waals surface area (Å²) in [6.07, 6.45) is 3.02. The fraction of sp³-hybridized carbons (Fsp3) is 0.400. The normalized spacial score (nSPS) is 16.2. The van der Waals surface area contributed by atoms with Gasteiger partial charge in [-0.05, 0) is 31.9 Å². The monoisotopic (exact) mass is 399 g/mol. The molecule has 9 nitrogen and oxygen atoms in total. The summed E-state index contributed by atoms with van der Waals surface area (Å²) in [6.45, 7) is 3.37. The highest BCUT2D eigenvalue weighted by atomic mass is 16.5. The Labute approximate surface area is 169 Å². The van der Waals surface area contributed by atoms with Gasteiger partial charge >= 0.3 is 11.9 Å². The van der Waals surface area contributed by atoms with Crippen LogP contribution in [-0.2, 0) is 14.3 Å². The first-order valence-electron chi connectivity index (χ1n) is 9.51. The third-order valence-corrected chi connectivity index (χ3v) is 4.79. The minimum atomic E-state index is -0.464. The lowest BCUT2D eigenvalue weighted by Crippen LogP contribution is -2.40. The smallest absolute Gasteiger partial charge is 0.339 e. The Bertz CT molecular complexity index is 889. The maximum Gasteiger partial charge on any atom is 0.339 e. The quantitative estimate of drug-likeness (QED) is 0.705. The number of piperidine rings is 1. The lowest BCUT2D eigenvalue weighted by atomic mass is 9.98. The van der Waals surface area contributed by atoms with Crippen LogP contribution >= 0.6 is 0 Å². The number of rotatable bonds is 6. The Balaban J connectivity index is 1.84. The molecule has 1 aromatic carbocycles. The zero-order valence-electron chi connectivity index (χ0n) is 16.6. The molecule has 1 saturated heterocycles. The number of para-hydroxylation sites is 1. The second kappa shape index (κ2) is 9.22. The van der Waals surface area contributed by atoms with Gasteiger partial charge in [-0.25, -0.2) is 14.8 Å². The second-order valence-electron chi connectivity index (χ2n) is 6.66. The highest BCUT2D eigenvalue weighted by Gasteiger charge is 2.29. The summed E-state index contributed by atoms with van der Waals surface area (Å²) < 4.78 is 9.98. The Hall–Kier alpha value is -3.36. The Morgan fingerprint density at radius 3 is 2.86 bits per heavy atom. The van der Waals surface area contributed by atoms with Gasteiger partial charge in [-0.3, -0.25) is 4.79 Å². The van der Waals surface area contributed by atoms with Crippen LogP contribution in [-0.4, -0.2) is 48.7 Å². The SMILES string of the molecule is CCOC(=O)C1CCCN(c2ncnc(Nc3ccccc3C(=O)OC)c2N)C1. The van der Waals surface area contributed by atoms with Gasteiger partial charge in [-0.2, -0.15) is 0 Å². The molecule has 0 aliphatic carbocycles. The number of aromatic nitrogens is 2. The van der Waals surface area contributed by atoms with Crippen molar-refractivity contribution >= 4 is 34.9 Å². The number of nitrogens with one attached hydrogen (secondary N) is 1. The topological polar surface area (TPSA) is 120 Å². The first-order valence-corrected chi connectivity index (χ1v) is 9.51. The number of hydrogen-bond donors (Lipinski definition) is 2. The number of benzene rings is 1. The number of carbonyl (C=O) groups is 2. The molecule has 0 amide bonds. The predicted octanol–water partition coefficient (Wildman–Crippen LogP) is 2.37. The summed E-state index contributed by atoms with van der Waals surface area (Å²) >= 11 is 0. The number of nitrogen functional groups attached to an aromatic ring is 1. The van der Waals surface area contributed by atoms with Crippen molar-refractivity contribution in [3.8, 4) is 0 Å². The van der Waals surface area contributed by atoms with E-state index in [9.17, 15) is 9.59 Å². The number of esters is 2. The molecule has 0 saturated carbocycles. The van der Waals surface area contributed by atoms with Crippen LogP contribution in [0.2, 0.25) is 0 Å². The van der Waals surface area contributed by atoms with Crippen molar-refractivity contribution in [1.29, 1.82) is 0 Å². The van der Waals surface area contributed by atoms with E-state index >= 15 is 0 Å². The number of methoxy groups -OCH3 is 1. The van der Waals surface area contributed by atoms with Crippen molar-refractivity contribution in [3.63, 3.8) is 0 Å². The van der Waals surface area contributed by atoms with Crippen molar-refractivity contribution in [2.75, 3.05) is 42.8 Å². The molecule has 1 fully saturated rings. The molecule has 0 radical (unpaired) electrons. The van der Waals surface area contributed by atoms with Gasteiger partial charge in [-0.1, -0.05) is 12.1 Å². The summed E-state index contributed by atoms with van der Waals surface area (Å²) in [5.74, 6) is 0.0515. The van der Waals surface area contributed by atoms with Crippen molar-refractivity contribution in [3.05, 3.63) is 36.2 Å². The van der Waals surface area contributed by atoms with Crippen LogP contribution in [0, 0.1) is 5.92 Å². The minimum absolute atomic E-state index is 0.199. The van der Waals surface area contributed by atoms with Crippen LogP contribution in [0.25, 0.3) is 0 Å². The predicted molar refractivity (Wildman–Crippen MR) is 109 cm³/mol. The van der Waals surface area contributed by atoms with Gasteiger partial charge in [0, 0.05) is 13.1 Å². The molecule has 3 N–H and O–H groups in total. The first kappa shape index (κ1) is 20.4. The number of ether oxygens (including phenoxy) is 2. The van der Waals surface area contributed by atoms with Gasteiger partial charge in [0.25, 0.3) is 0 Å². The van der Waals surface area contributed by atoms with E-state index in [1.54, 1.807) is 31.2 Å². The van der Waals surface area contributed by atoms with E-state index in [0.717, 1.165) is 19.4 Å². The van der Waals surface area contributed by atoms with E-state index in [2.05, 4.69) is 15.3 Å². The van der Waals surface area contributed by atoms with Crippen molar-refractivity contribution < 1.29 is 19.1 Å². The summed E-state index contributed by atoms with van der Waals surface area (Å²) in [4.78, 5) is 34.6. The standard InChI is InChI=1S/C20H25N5O4/c1-3-29-19(26)13-7-6-10-25(11-13)18-16(21)17(22-12-23-18)24-15-9-5-4-8-14(15)20(27)28-2/h4-5,8-9,12-13H,3,6-7,10-11,21H2,1-2H3,(H,22,23,24). The number of anilines is 4. The maximum atomic E-state index is 12.1. The van der Waals surface area contributed by atoms with Crippen LogP contribution in [0.3, 0.4) is 0 Å². The lowest BCUT2D eigenvalue weighted by Gasteiger charge is -2.33. The Morgan fingerprint density at radius 2 is 2.10 bits per heavy atom. The van der Waals surface area contributed by atoms with Crippen LogP contribution in [0.15, 0.2) is 30.6 Å². The zero-order valence-corrected chi connectivity index (χ0v) is 16.6. The molecule has 1 aliphatic heterocycles. The van der Waals surface area contributed by atoms with Crippen LogP contribution < -0.4 is 16.0 Å². The lowest BCUT2D eigenvalue weighted by molar-refractivity contribution is -0.148. The molecule has 1 aliphatic rings. The summed E-state index contributed by atoms with van der Waals surface area (Å²) in [5, 5.41) is 3.09. The zero-order chi connectivity index (χ0) is 20.8. The van der Waals surface area contributed by atoms with Crippen LogP contribution in [0.4, 0.5) is 23.0 Å². The Morgan fingerprint density at radius 1 is 1.31 bits per heavy atom. The summed E-state index contributed by atoms with van der Waals surface area (Å²) in [5.41, 5.74) is 7.58. The molecule has 2 heterocycles. The van der Waals surface area contributed by atoms with E-state index in [1.165, 1.54) is 13.4 Å². The molecule has 3 rings (SSSR count). The molecule has 1 aromatic heterocycles. The number of hydrogen-bond acceptors (Lipinski definition) is 9. The average molecular weight is 399 g/mol. The fourth-order valence-corrected chi connectivity index (χ4v) is 3.37. The van der Waals surface area contributed by atoms with Gasteiger partial charge in [-0.15, -0.1) is 0 Å². The van der Waals surface area contributed by atoms with Gasteiger partial charge in [0.05, 0.1) is 30.9 Å². The fourth-order valence-electron chi connectivity index (χ4n) is 3.37. The Kier molecular flexibility index (Phi) is 6.48. The third-order valence-electron chi connectivity index (χ3n) is 4.79. The van der Waals surface area contributed by atoms with E-state index in [-0.39, 0.29) is 11.9 Å². The molecule has 1 unspecified atom stereocenters. The van der Waals surface area contributed by atoms with Crippen molar-refractivity contribution in [2.45, 2.75) is 19.8 Å². The molecule has 9 heteroatoms. The molecular formula is C20H25N5O4. The maximum absolute atomic E-state index is 12.1. The second-order valence-corrected chi connectivity index (χ2v) is 6.66. The van der Waals surface area contributed by atoms with Gasteiger partial charge in [0.15, 0.2) is 11.6 Å². The summed E-state index contributed by atoms with van der Waals surface area (Å²) in [6, 6.07) is 6.93. The molecule has 1 atom stereocenters. The number of nitrogens with zero attached hydrogens (tertiary/aromatic N) is 3. The van der Waals surface area contributed by atoms with Gasteiger partial charge in [0.1, 0.15) is 12.0 Å². The summed E-state index contributed by atoms with van der Waals surface area (Å²) in [7, 11) is 1.33. The molecule has 29 heavy (non-hydrogen) atoms. The van der Waals surface area contributed by atoms with E-state index in [1.807, 2.05) is 4.90 Å². The molecule has 0 bridgehead atoms. The van der Waals surface area contributed by atoms with Gasteiger partial charge < -0.3 is 25.4 Å². The number of carbonyl (C=O) groups excluding carboxylic acids is 2. The van der Waals surface area contributed by atoms with Crippen molar-refractivity contribution in [2.24, 2.45) is 5.92 Å². The molecule has 2 aromatic rings. The van der Waals surface area contributed by atoms with E-state index in [4.69, 9.17) is 15.2 Å². The molecule has 0 spiro atoms. The third kappa shape index (κ3) is 4.56. The van der Waals surface area contributed by atoms with Crippen molar-refractivity contribution in [1.82, 2.24) is 9.97 Å². The highest BCUT2D eigenvalue weighted by molar-refractivity contribution is 5.97. The van der Waals surface area contributed by atoms with Gasteiger partial charge in [0.2, 0.25) is 0 Å². The molecule has 154 valence electrons. The minimum Gasteiger partial charge on any atom is -0.466 e.